The van der Waals surface area contributed by atoms with E-state index in [-0.39, 0.29) is 5.56 Å². The predicted molar refractivity (Wildman–Crippen MR) is 86.4 cm³/mol. The molecule has 1 atom stereocenters. The molecule has 1 unspecified atom stereocenters. The summed E-state index contributed by atoms with van der Waals surface area (Å²) in [6.07, 6.45) is 1.98. The van der Waals surface area contributed by atoms with Crippen LogP contribution in [-0.4, -0.2) is 42.0 Å². The van der Waals surface area contributed by atoms with Crippen molar-refractivity contribution in [3.8, 4) is 0 Å². The quantitative estimate of drug-likeness (QED) is 0.507. The van der Waals surface area contributed by atoms with Crippen molar-refractivity contribution in [2.75, 3.05) is 6.61 Å². The molecule has 1 saturated heterocycles. The maximum absolute atomic E-state index is 14.4. The summed E-state index contributed by atoms with van der Waals surface area (Å²) in [6.45, 7) is 2.15. The molecule has 1 aromatic rings. The van der Waals surface area contributed by atoms with Crippen molar-refractivity contribution >= 4 is 41.4 Å². The van der Waals surface area contributed by atoms with E-state index in [1.54, 1.807) is 6.92 Å². The molecule has 0 bridgehead atoms. The van der Waals surface area contributed by atoms with Crippen LogP contribution in [0.15, 0.2) is 18.4 Å². The predicted octanol–water partition coefficient (Wildman–Crippen LogP) is 0.835. The molecule has 2 amide bonds. The van der Waals surface area contributed by atoms with Crippen LogP contribution >= 0.6 is 0 Å². The van der Waals surface area contributed by atoms with Crippen molar-refractivity contribution in [3.05, 3.63) is 41.2 Å². The summed E-state index contributed by atoms with van der Waals surface area (Å²) < 4.78 is 33.8. The van der Waals surface area contributed by atoms with Crippen molar-refractivity contribution in [2.24, 2.45) is 0 Å². The molecule has 1 fully saturated rings. The zero-order chi connectivity index (χ0) is 18.1. The summed E-state index contributed by atoms with van der Waals surface area (Å²) >= 11 is 0. The van der Waals surface area contributed by atoms with E-state index in [2.05, 4.69) is 0 Å². The Kier molecular flexibility index (Phi) is 4.92. The van der Waals surface area contributed by atoms with Gasteiger partial charge in [-0.1, -0.05) is 0 Å². The van der Waals surface area contributed by atoms with Crippen LogP contribution in [0.4, 0.5) is 8.78 Å². The second-order valence-electron chi connectivity index (χ2n) is 5.59. The summed E-state index contributed by atoms with van der Waals surface area (Å²) in [5.74, 6) is -4.16. The molecule has 1 aliphatic rings. The van der Waals surface area contributed by atoms with E-state index in [0.29, 0.717) is 6.61 Å². The monoisotopic (exact) mass is 325 g/mol. The molecule has 1 heterocycles. The Balaban J connectivity index is 2.47. The third kappa shape index (κ3) is 3.25. The number of carbonyl (C=O) groups is 2. The zero-order valence-electron chi connectivity index (χ0n) is 12.9. The number of amides is 2. The number of halogens is 2. The lowest BCUT2D eigenvalue weighted by atomic mass is 9.42. The van der Waals surface area contributed by atoms with E-state index in [0.717, 1.165) is 12.1 Å². The minimum absolute atomic E-state index is 0.171. The topological polar surface area (TPSA) is 55.4 Å². The van der Waals surface area contributed by atoms with Crippen molar-refractivity contribution in [1.29, 1.82) is 0 Å². The number of rotatable bonds is 4. The van der Waals surface area contributed by atoms with E-state index >= 15 is 0 Å². The van der Waals surface area contributed by atoms with E-state index in [9.17, 15) is 18.4 Å². The normalized spacial score (nSPS) is 23.3. The van der Waals surface area contributed by atoms with Gasteiger partial charge in [-0.2, -0.15) is 0 Å². The largest absolute Gasteiger partial charge is 0.501 e. The van der Waals surface area contributed by atoms with Gasteiger partial charge < -0.3 is 4.74 Å². The zero-order valence-corrected chi connectivity index (χ0v) is 12.9. The van der Waals surface area contributed by atoms with E-state index in [1.165, 1.54) is 12.3 Å². The highest BCUT2D eigenvalue weighted by Gasteiger charge is 2.49. The first-order valence-corrected chi connectivity index (χ1v) is 7.12. The first kappa shape index (κ1) is 18.3. The van der Waals surface area contributed by atoms with Crippen molar-refractivity contribution in [1.82, 2.24) is 5.32 Å². The number of hydrogen-bond donors (Lipinski definition) is 1. The molecule has 0 aliphatic carbocycles. The SMILES string of the molecule is [B]C1([B])CC([B])(c2c(F)cc(/C=C/OCC)cc2F)C(=O)NC1=O. The molecule has 9 heteroatoms. The number of hydrogen-bond acceptors (Lipinski definition) is 3. The Morgan fingerprint density at radius 1 is 1.21 bits per heavy atom. The summed E-state index contributed by atoms with van der Waals surface area (Å²) in [5, 5.41) is -2.40. The van der Waals surface area contributed by atoms with Crippen LogP contribution in [0.1, 0.15) is 24.5 Å². The van der Waals surface area contributed by atoms with Crippen LogP contribution in [0.25, 0.3) is 6.08 Å². The minimum atomic E-state index is -2.21. The molecule has 0 aromatic heterocycles. The fraction of sp³-hybridized carbons (Fsp3) is 0.333. The van der Waals surface area contributed by atoms with Crippen molar-refractivity contribution in [3.63, 3.8) is 0 Å². The molecule has 1 aromatic carbocycles. The van der Waals surface area contributed by atoms with Gasteiger partial charge in [-0.05, 0) is 42.3 Å². The van der Waals surface area contributed by atoms with Crippen LogP contribution in [0.2, 0.25) is 5.21 Å². The third-order valence-corrected chi connectivity index (χ3v) is 3.66. The molecule has 118 valence electrons. The maximum atomic E-state index is 14.4. The highest BCUT2D eigenvalue weighted by atomic mass is 19.1. The first-order valence-electron chi connectivity index (χ1n) is 7.12. The lowest BCUT2D eigenvalue weighted by molar-refractivity contribution is -0.136. The number of ether oxygens (including phenoxy) is 1. The molecule has 1 aliphatic heterocycles. The summed E-state index contributed by atoms with van der Waals surface area (Å²) in [4.78, 5) is 23.6. The van der Waals surface area contributed by atoms with E-state index < -0.39 is 46.0 Å². The number of nitrogens with one attached hydrogen (secondary N) is 1. The highest BCUT2D eigenvalue weighted by molar-refractivity contribution is 6.53. The van der Waals surface area contributed by atoms with Crippen LogP contribution < -0.4 is 5.32 Å². The first-order chi connectivity index (χ1) is 11.1. The van der Waals surface area contributed by atoms with E-state index in [1.807, 2.05) is 5.32 Å². The number of imide groups is 1. The molecular formula is C15H12B3F2NO3. The van der Waals surface area contributed by atoms with Gasteiger partial charge in [0.15, 0.2) is 0 Å². The maximum Gasteiger partial charge on any atom is 0.228 e. The summed E-state index contributed by atoms with van der Waals surface area (Å²) in [6, 6.07) is 1.97. The summed E-state index contributed by atoms with van der Waals surface area (Å²) in [7, 11) is 17.0. The molecular weight excluding hydrogens is 313 g/mol. The molecule has 0 saturated carbocycles. The smallest absolute Gasteiger partial charge is 0.228 e. The Morgan fingerprint density at radius 2 is 1.79 bits per heavy atom. The average Bonchev–Trinajstić information content (AvgIpc) is 2.44. The van der Waals surface area contributed by atoms with Gasteiger partial charge >= 0.3 is 0 Å². The molecule has 4 nitrogen and oxygen atoms in total. The highest BCUT2D eigenvalue weighted by Crippen LogP contribution is 2.41. The van der Waals surface area contributed by atoms with Crippen molar-refractivity contribution < 1.29 is 23.1 Å². The standard InChI is InChI=1S/C15H12B3F2NO3/c1-2-24-4-3-8-5-9(19)11(10(20)6-8)14(16)7-15(17,18)13(23)21-12(14)22/h3-6H,2,7H2,1H3,(H,21,22,23)/b4-3+. The Labute approximate surface area is 142 Å². The minimum Gasteiger partial charge on any atom is -0.501 e. The lowest BCUT2D eigenvalue weighted by Crippen LogP contribution is -2.59. The van der Waals surface area contributed by atoms with Crippen LogP contribution in [0, 0.1) is 11.6 Å². The van der Waals surface area contributed by atoms with Crippen LogP contribution in [0.5, 0.6) is 0 Å². The fourth-order valence-corrected chi connectivity index (χ4v) is 2.49. The molecule has 24 heavy (non-hydrogen) atoms. The molecule has 6 radical (unpaired) electrons. The summed E-state index contributed by atoms with van der Waals surface area (Å²) in [5.41, 5.74) is -0.536. The third-order valence-electron chi connectivity index (χ3n) is 3.66. The van der Waals surface area contributed by atoms with Gasteiger partial charge in [0.25, 0.3) is 0 Å². The Bertz CT molecular complexity index is 701. The van der Waals surface area contributed by atoms with Gasteiger partial charge in [-0.3, -0.25) is 14.9 Å². The van der Waals surface area contributed by atoms with Gasteiger partial charge in [0, 0.05) is 10.9 Å². The fourth-order valence-electron chi connectivity index (χ4n) is 2.49. The van der Waals surface area contributed by atoms with Crippen LogP contribution in [-0.2, 0) is 19.6 Å². The van der Waals surface area contributed by atoms with E-state index in [4.69, 9.17) is 28.3 Å². The molecule has 1 N–H and O–H groups in total. The Hall–Kier alpha value is -2.05. The Morgan fingerprint density at radius 3 is 2.33 bits per heavy atom. The van der Waals surface area contributed by atoms with Gasteiger partial charge in [-0.25, -0.2) is 8.78 Å². The van der Waals surface area contributed by atoms with Crippen LogP contribution in [0.3, 0.4) is 0 Å². The van der Waals surface area contributed by atoms with Gasteiger partial charge in [0.05, 0.1) is 36.4 Å². The molecule has 2 rings (SSSR count). The average molecular weight is 325 g/mol. The van der Waals surface area contributed by atoms with Crippen molar-refractivity contribution in [2.45, 2.75) is 23.9 Å². The second-order valence-corrected chi connectivity index (χ2v) is 5.59. The molecule has 0 spiro atoms. The van der Waals surface area contributed by atoms with Gasteiger partial charge in [0.2, 0.25) is 11.8 Å². The van der Waals surface area contributed by atoms with Gasteiger partial charge in [0.1, 0.15) is 11.6 Å². The second kappa shape index (κ2) is 6.45. The number of benzene rings is 1. The lowest BCUT2D eigenvalue weighted by Gasteiger charge is -2.42. The number of piperidine rings is 1. The number of carbonyl (C=O) groups excluding carboxylic acids is 2. The van der Waals surface area contributed by atoms with Gasteiger partial charge in [-0.15, -0.1) is 0 Å².